The molecule has 4 heteroatoms. The Morgan fingerprint density at radius 1 is 1.16 bits per heavy atom. The van der Waals surface area contributed by atoms with Crippen molar-refractivity contribution in [3.05, 3.63) is 58.4 Å². The molecule has 162 valence electrons. The molecule has 1 aromatic heterocycles. The van der Waals surface area contributed by atoms with Gasteiger partial charge in [-0.1, -0.05) is 31.1 Å². The van der Waals surface area contributed by atoms with E-state index in [2.05, 4.69) is 6.92 Å². The standard InChI is InChI=1S/C27H30O4/c1-5-7-18-13-19-14-21-20(23-8-6-11-31-23)10-9-15(2)24(21)27(30)26(19)17(4)25(18)22(29)12-16(3)28/h6,8-11,18-19,25H,5,7,12-14H2,1-4H3. The molecular formula is C27H30O4. The van der Waals surface area contributed by atoms with Gasteiger partial charge in [-0.3, -0.25) is 14.4 Å². The van der Waals surface area contributed by atoms with Crippen LogP contribution < -0.4 is 0 Å². The summed E-state index contributed by atoms with van der Waals surface area (Å²) in [7, 11) is 0. The summed E-state index contributed by atoms with van der Waals surface area (Å²) in [5.74, 6) is 0.641. The summed E-state index contributed by atoms with van der Waals surface area (Å²) in [6, 6.07) is 7.83. The molecule has 0 spiro atoms. The van der Waals surface area contributed by atoms with Gasteiger partial charge in [0.05, 0.1) is 12.7 Å². The molecule has 31 heavy (non-hydrogen) atoms. The second-order valence-electron chi connectivity index (χ2n) is 9.19. The van der Waals surface area contributed by atoms with E-state index >= 15 is 0 Å². The van der Waals surface area contributed by atoms with Crippen LogP contribution >= 0.6 is 0 Å². The molecule has 4 rings (SSSR count). The number of Topliss-reactive ketones (excluding diaryl/α,β-unsaturated/α-hetero) is 3. The minimum absolute atomic E-state index is 0.0333. The highest BCUT2D eigenvalue weighted by Gasteiger charge is 2.44. The summed E-state index contributed by atoms with van der Waals surface area (Å²) in [6.07, 6.45) is 5.10. The van der Waals surface area contributed by atoms with Crippen molar-refractivity contribution in [2.75, 3.05) is 0 Å². The molecule has 0 N–H and O–H groups in total. The molecule has 0 saturated heterocycles. The van der Waals surface area contributed by atoms with Crippen molar-refractivity contribution in [2.24, 2.45) is 17.8 Å². The summed E-state index contributed by atoms with van der Waals surface area (Å²) in [6.45, 7) is 7.50. The summed E-state index contributed by atoms with van der Waals surface area (Å²) in [5.41, 5.74) is 5.45. The zero-order chi connectivity index (χ0) is 22.3. The lowest BCUT2D eigenvalue weighted by molar-refractivity contribution is -0.129. The molecule has 0 bridgehead atoms. The Morgan fingerprint density at radius 2 is 1.94 bits per heavy atom. The van der Waals surface area contributed by atoms with Gasteiger partial charge < -0.3 is 4.42 Å². The van der Waals surface area contributed by atoms with Crippen molar-refractivity contribution in [3.8, 4) is 11.3 Å². The van der Waals surface area contributed by atoms with Crippen LogP contribution in [0.4, 0.5) is 0 Å². The van der Waals surface area contributed by atoms with E-state index in [4.69, 9.17) is 4.42 Å². The van der Waals surface area contributed by atoms with E-state index in [-0.39, 0.29) is 41.5 Å². The Bertz CT molecular complexity index is 1070. The molecule has 0 aliphatic heterocycles. The lowest BCUT2D eigenvalue weighted by atomic mass is 9.62. The van der Waals surface area contributed by atoms with E-state index in [0.717, 1.165) is 64.8 Å². The van der Waals surface area contributed by atoms with Crippen LogP contribution in [0, 0.1) is 24.7 Å². The first-order chi connectivity index (χ1) is 14.8. The number of allylic oxidation sites excluding steroid dienone is 2. The molecule has 0 radical (unpaired) electrons. The van der Waals surface area contributed by atoms with Crippen molar-refractivity contribution in [2.45, 2.75) is 59.8 Å². The molecule has 2 aliphatic rings. The van der Waals surface area contributed by atoms with Crippen LogP contribution in [-0.2, 0) is 16.0 Å². The summed E-state index contributed by atoms with van der Waals surface area (Å²) in [4.78, 5) is 38.5. The Kier molecular flexibility index (Phi) is 5.83. The highest BCUT2D eigenvalue weighted by Crippen LogP contribution is 2.48. The molecule has 2 aliphatic carbocycles. The number of ketones is 3. The third kappa shape index (κ3) is 3.73. The number of rotatable bonds is 6. The zero-order valence-electron chi connectivity index (χ0n) is 18.8. The average Bonchev–Trinajstić information content (AvgIpc) is 3.22. The van der Waals surface area contributed by atoms with Crippen LogP contribution in [-0.4, -0.2) is 17.3 Å². The third-order valence-electron chi connectivity index (χ3n) is 7.02. The summed E-state index contributed by atoms with van der Waals surface area (Å²) < 4.78 is 5.66. The van der Waals surface area contributed by atoms with E-state index in [1.807, 2.05) is 38.1 Å². The highest BCUT2D eigenvalue weighted by atomic mass is 16.3. The molecule has 0 saturated carbocycles. The number of aryl methyl sites for hydroxylation is 1. The third-order valence-corrected chi connectivity index (χ3v) is 7.02. The normalized spacial score (nSPS) is 22.8. The SMILES string of the molecule is CCCC1CC2Cc3c(-c4ccco4)ccc(C)c3C(=O)C2=C(C)C1C(=O)CC(C)=O. The quantitative estimate of drug-likeness (QED) is 0.547. The van der Waals surface area contributed by atoms with Crippen LogP contribution in [0.3, 0.4) is 0 Å². The Labute approximate surface area is 183 Å². The van der Waals surface area contributed by atoms with Crippen LogP contribution in [0.1, 0.15) is 67.9 Å². The minimum Gasteiger partial charge on any atom is -0.464 e. The van der Waals surface area contributed by atoms with Gasteiger partial charge in [-0.2, -0.15) is 0 Å². The maximum Gasteiger partial charge on any atom is 0.189 e. The fourth-order valence-electron chi connectivity index (χ4n) is 5.86. The van der Waals surface area contributed by atoms with Gasteiger partial charge in [-0.15, -0.1) is 0 Å². The predicted molar refractivity (Wildman–Crippen MR) is 120 cm³/mol. The highest BCUT2D eigenvalue weighted by molar-refractivity contribution is 6.14. The molecule has 0 amide bonds. The molecule has 4 nitrogen and oxygen atoms in total. The predicted octanol–water partition coefficient (Wildman–Crippen LogP) is 5.91. The van der Waals surface area contributed by atoms with E-state index in [1.54, 1.807) is 6.26 Å². The molecular weight excluding hydrogens is 388 g/mol. The van der Waals surface area contributed by atoms with Gasteiger partial charge in [0.25, 0.3) is 0 Å². The maximum atomic E-state index is 13.8. The molecule has 3 atom stereocenters. The lowest BCUT2D eigenvalue weighted by Crippen LogP contribution is -2.38. The van der Waals surface area contributed by atoms with Gasteiger partial charge in [0.1, 0.15) is 17.3 Å². The minimum atomic E-state index is -0.325. The van der Waals surface area contributed by atoms with Gasteiger partial charge in [0.2, 0.25) is 0 Å². The largest absolute Gasteiger partial charge is 0.464 e. The monoisotopic (exact) mass is 418 g/mol. The van der Waals surface area contributed by atoms with Crippen LogP contribution in [0.2, 0.25) is 0 Å². The van der Waals surface area contributed by atoms with Crippen molar-refractivity contribution in [1.82, 2.24) is 0 Å². The lowest BCUT2D eigenvalue weighted by Gasteiger charge is -2.41. The maximum absolute atomic E-state index is 13.8. The zero-order valence-corrected chi connectivity index (χ0v) is 18.8. The first-order valence-electron chi connectivity index (χ1n) is 11.3. The van der Waals surface area contributed by atoms with Crippen molar-refractivity contribution in [3.63, 3.8) is 0 Å². The van der Waals surface area contributed by atoms with E-state index in [0.29, 0.717) is 0 Å². The number of hydrogen-bond acceptors (Lipinski definition) is 4. The second kappa shape index (κ2) is 8.41. The summed E-state index contributed by atoms with van der Waals surface area (Å²) in [5, 5.41) is 0. The molecule has 3 unspecified atom stereocenters. The number of fused-ring (bicyclic) bond motifs is 2. The van der Waals surface area contributed by atoms with Crippen molar-refractivity contribution in [1.29, 1.82) is 0 Å². The van der Waals surface area contributed by atoms with Gasteiger partial charge in [0.15, 0.2) is 5.78 Å². The number of carbonyl (C=O) groups excluding carboxylic acids is 3. The van der Waals surface area contributed by atoms with E-state index in [1.165, 1.54) is 6.92 Å². The fraction of sp³-hybridized carbons (Fsp3) is 0.444. The average molecular weight is 419 g/mol. The number of furan rings is 1. The van der Waals surface area contributed by atoms with Gasteiger partial charge >= 0.3 is 0 Å². The first kappa shape index (κ1) is 21.5. The van der Waals surface area contributed by atoms with Crippen LogP contribution in [0.15, 0.2) is 46.1 Å². The van der Waals surface area contributed by atoms with E-state index in [9.17, 15) is 14.4 Å². The second-order valence-corrected chi connectivity index (χ2v) is 9.19. The topological polar surface area (TPSA) is 64.3 Å². The van der Waals surface area contributed by atoms with Crippen LogP contribution in [0.25, 0.3) is 11.3 Å². The van der Waals surface area contributed by atoms with Gasteiger partial charge in [-0.25, -0.2) is 0 Å². The van der Waals surface area contributed by atoms with Crippen molar-refractivity contribution < 1.29 is 18.8 Å². The molecule has 1 heterocycles. The van der Waals surface area contributed by atoms with Gasteiger partial charge in [0, 0.05) is 22.6 Å². The summed E-state index contributed by atoms with van der Waals surface area (Å²) >= 11 is 0. The molecule has 1 aromatic carbocycles. The smallest absolute Gasteiger partial charge is 0.189 e. The fourth-order valence-corrected chi connectivity index (χ4v) is 5.86. The molecule has 0 fully saturated rings. The first-order valence-corrected chi connectivity index (χ1v) is 11.3. The Hall–Kier alpha value is -2.75. The van der Waals surface area contributed by atoms with E-state index < -0.39 is 0 Å². The number of carbonyl (C=O) groups is 3. The van der Waals surface area contributed by atoms with Gasteiger partial charge in [-0.05, 0) is 75.1 Å². The van der Waals surface area contributed by atoms with Crippen molar-refractivity contribution >= 4 is 17.3 Å². The number of hydrogen-bond donors (Lipinski definition) is 0. The Balaban J connectivity index is 1.84. The number of benzene rings is 1. The molecule has 2 aromatic rings. The Morgan fingerprint density at radius 3 is 2.58 bits per heavy atom. The van der Waals surface area contributed by atoms with Crippen LogP contribution in [0.5, 0.6) is 0 Å².